The molecule has 0 fully saturated rings. The lowest BCUT2D eigenvalue weighted by atomic mass is 9.76. The van der Waals surface area contributed by atoms with Gasteiger partial charge in [0.15, 0.2) is 0 Å². The van der Waals surface area contributed by atoms with E-state index in [-0.39, 0.29) is 0 Å². The Kier molecular flexibility index (Phi) is 7.48. The van der Waals surface area contributed by atoms with Crippen molar-refractivity contribution in [3.63, 3.8) is 0 Å². The molecule has 2 heterocycles. The van der Waals surface area contributed by atoms with Gasteiger partial charge in [-0.05, 0) is 61.2 Å². The molecule has 4 aromatic rings. The summed E-state index contributed by atoms with van der Waals surface area (Å²) in [6.07, 6.45) is 0.0309. The van der Waals surface area contributed by atoms with E-state index < -0.39 is 17.2 Å². The zero-order valence-electron chi connectivity index (χ0n) is 22.0. The highest BCUT2D eigenvalue weighted by atomic mass is 35.5. The van der Waals surface area contributed by atoms with Crippen LogP contribution in [0.1, 0.15) is 53.3 Å². The van der Waals surface area contributed by atoms with E-state index in [0.717, 1.165) is 62.6 Å². The molecular formula is C29H31ClF3N5. The van der Waals surface area contributed by atoms with Crippen LogP contribution in [0.3, 0.4) is 0 Å². The first-order valence-electron chi connectivity index (χ1n) is 12.3. The number of fused-ring (bicyclic) bond motifs is 1. The number of pyridine rings is 1. The molecule has 0 spiro atoms. The number of allylic oxidation sites excluding steroid dienone is 1. The third-order valence-electron chi connectivity index (χ3n) is 7.38. The summed E-state index contributed by atoms with van der Waals surface area (Å²) in [5.74, 6) is 0.866. The smallest absolute Gasteiger partial charge is 0.403 e. The lowest BCUT2D eigenvalue weighted by Gasteiger charge is -2.33. The average molecular weight is 542 g/mol. The number of aryl methyl sites for hydroxylation is 2. The van der Waals surface area contributed by atoms with Gasteiger partial charge in [0.2, 0.25) is 0 Å². The van der Waals surface area contributed by atoms with E-state index in [1.807, 2.05) is 56.9 Å². The molecule has 0 radical (unpaired) electrons. The van der Waals surface area contributed by atoms with E-state index in [2.05, 4.69) is 17.2 Å². The summed E-state index contributed by atoms with van der Waals surface area (Å²) in [7, 11) is 3.79. The zero-order valence-corrected chi connectivity index (χ0v) is 22.8. The van der Waals surface area contributed by atoms with E-state index in [1.54, 1.807) is 6.20 Å². The predicted octanol–water partition coefficient (Wildman–Crippen LogP) is 6.43. The molecule has 1 unspecified atom stereocenters. The number of imidazole rings is 1. The average Bonchev–Trinajstić information content (AvgIpc) is 3.24. The van der Waals surface area contributed by atoms with Crippen molar-refractivity contribution in [2.24, 2.45) is 12.8 Å². The summed E-state index contributed by atoms with van der Waals surface area (Å²) < 4.78 is 41.2. The van der Waals surface area contributed by atoms with E-state index in [4.69, 9.17) is 22.3 Å². The summed E-state index contributed by atoms with van der Waals surface area (Å²) in [5.41, 5.74) is 10.5. The van der Waals surface area contributed by atoms with Gasteiger partial charge in [0, 0.05) is 49.7 Å². The molecule has 0 saturated carbocycles. The van der Waals surface area contributed by atoms with Crippen LogP contribution in [0.5, 0.6) is 0 Å². The van der Waals surface area contributed by atoms with Gasteiger partial charge in [0.25, 0.3) is 0 Å². The van der Waals surface area contributed by atoms with Crippen LogP contribution in [0.25, 0.3) is 10.9 Å². The lowest BCUT2D eigenvalue weighted by molar-refractivity contribution is -0.137. The Morgan fingerprint density at radius 1 is 1.13 bits per heavy atom. The van der Waals surface area contributed by atoms with Gasteiger partial charge in [-0.2, -0.15) is 13.2 Å². The van der Waals surface area contributed by atoms with Gasteiger partial charge in [-0.1, -0.05) is 36.7 Å². The highest BCUT2D eigenvalue weighted by molar-refractivity contribution is 6.36. The minimum absolute atomic E-state index is 0.371. The number of hydrogen-bond donors (Lipinski definition) is 2. The highest BCUT2D eigenvalue weighted by Crippen LogP contribution is 2.40. The standard InChI is InChI=1S/C29H31ClF3N5/c1-6-23-21(13-18-7-9-19(10-8-18)29(31,32)33)27(30)22-14-20(11-12-24(22)37-23)28(3,25(15-34)35-4)26-16-36-17(2)38(26)5/h7-12,14-16,35H,6,13,34H2,1-5H3/b25-15-. The summed E-state index contributed by atoms with van der Waals surface area (Å²) in [6, 6.07) is 11.2. The normalized spacial score (nSPS) is 14.1. The lowest BCUT2D eigenvalue weighted by Crippen LogP contribution is -2.35. The second-order valence-electron chi connectivity index (χ2n) is 9.51. The van der Waals surface area contributed by atoms with E-state index >= 15 is 0 Å². The number of nitrogens with one attached hydrogen (secondary N) is 1. The molecule has 5 nitrogen and oxygen atoms in total. The van der Waals surface area contributed by atoms with Crippen molar-refractivity contribution in [3.8, 4) is 0 Å². The molecule has 3 N–H and O–H groups in total. The number of benzene rings is 2. The molecule has 0 amide bonds. The number of nitrogens with two attached hydrogens (primary N) is 1. The molecule has 0 aliphatic carbocycles. The highest BCUT2D eigenvalue weighted by Gasteiger charge is 2.36. The van der Waals surface area contributed by atoms with E-state index in [1.165, 1.54) is 12.1 Å². The van der Waals surface area contributed by atoms with Crippen molar-refractivity contribution in [1.29, 1.82) is 0 Å². The second-order valence-corrected chi connectivity index (χ2v) is 9.89. The topological polar surface area (TPSA) is 68.8 Å². The van der Waals surface area contributed by atoms with Crippen LogP contribution in [0.15, 0.2) is 60.6 Å². The van der Waals surface area contributed by atoms with Crippen molar-refractivity contribution in [3.05, 3.63) is 105 Å². The van der Waals surface area contributed by atoms with Gasteiger partial charge in [0.1, 0.15) is 5.82 Å². The summed E-state index contributed by atoms with van der Waals surface area (Å²) in [4.78, 5) is 9.38. The van der Waals surface area contributed by atoms with Crippen LogP contribution in [0, 0.1) is 6.92 Å². The van der Waals surface area contributed by atoms with Crippen LogP contribution in [0.4, 0.5) is 13.2 Å². The van der Waals surface area contributed by atoms with Crippen LogP contribution in [-0.4, -0.2) is 21.6 Å². The number of halogens is 4. The van der Waals surface area contributed by atoms with Gasteiger partial charge in [-0.3, -0.25) is 4.98 Å². The maximum absolute atomic E-state index is 13.0. The first-order chi connectivity index (χ1) is 17.9. The monoisotopic (exact) mass is 541 g/mol. The molecule has 38 heavy (non-hydrogen) atoms. The number of nitrogens with zero attached hydrogens (tertiary/aromatic N) is 3. The fourth-order valence-electron chi connectivity index (χ4n) is 5.02. The summed E-state index contributed by atoms with van der Waals surface area (Å²) in [6.45, 7) is 6.00. The number of rotatable bonds is 7. The Hall–Kier alpha value is -3.52. The molecular weight excluding hydrogens is 511 g/mol. The number of hydrogen-bond acceptors (Lipinski definition) is 4. The predicted molar refractivity (Wildman–Crippen MR) is 146 cm³/mol. The van der Waals surface area contributed by atoms with Crippen LogP contribution in [0.2, 0.25) is 5.02 Å². The Morgan fingerprint density at radius 3 is 2.32 bits per heavy atom. The minimum Gasteiger partial charge on any atom is -0.403 e. The third kappa shape index (κ3) is 4.73. The molecule has 2 aromatic carbocycles. The minimum atomic E-state index is -4.38. The summed E-state index contributed by atoms with van der Waals surface area (Å²) in [5, 5.41) is 4.54. The Bertz CT molecular complexity index is 1510. The zero-order chi connectivity index (χ0) is 27.8. The number of likely N-dealkylation sites (N-methyl/N-ethyl adjacent to an activating group) is 1. The number of aromatic nitrogens is 3. The van der Waals surface area contributed by atoms with Gasteiger partial charge < -0.3 is 15.6 Å². The van der Waals surface area contributed by atoms with Crippen molar-refractivity contribution in [1.82, 2.24) is 19.9 Å². The third-order valence-corrected chi connectivity index (χ3v) is 7.82. The molecule has 0 saturated heterocycles. The van der Waals surface area contributed by atoms with Crippen molar-refractivity contribution in [2.75, 3.05) is 7.05 Å². The van der Waals surface area contributed by atoms with Gasteiger partial charge in [0.05, 0.1) is 27.2 Å². The summed E-state index contributed by atoms with van der Waals surface area (Å²) >= 11 is 7.04. The SMILES string of the molecule is CCc1nc2ccc(C(C)(/C(=C/N)NC)c3cnc(C)n3C)cc2c(Cl)c1Cc1ccc(C(F)(F)F)cc1. The van der Waals surface area contributed by atoms with Gasteiger partial charge >= 0.3 is 6.18 Å². The Balaban J connectivity index is 1.88. The maximum Gasteiger partial charge on any atom is 0.416 e. The van der Waals surface area contributed by atoms with Gasteiger partial charge in [-0.15, -0.1) is 0 Å². The quantitative estimate of drug-likeness (QED) is 0.283. The van der Waals surface area contributed by atoms with Crippen LogP contribution >= 0.6 is 11.6 Å². The van der Waals surface area contributed by atoms with Crippen molar-refractivity contribution < 1.29 is 13.2 Å². The van der Waals surface area contributed by atoms with Crippen LogP contribution < -0.4 is 11.1 Å². The first-order valence-corrected chi connectivity index (χ1v) is 12.7. The number of alkyl halides is 3. The molecule has 0 aliphatic heterocycles. The maximum atomic E-state index is 13.0. The molecule has 9 heteroatoms. The molecule has 0 bridgehead atoms. The molecule has 200 valence electrons. The fourth-order valence-corrected chi connectivity index (χ4v) is 5.35. The first kappa shape index (κ1) is 27.5. The van der Waals surface area contributed by atoms with Crippen LogP contribution in [-0.2, 0) is 31.5 Å². The molecule has 4 rings (SSSR count). The Morgan fingerprint density at radius 2 is 1.79 bits per heavy atom. The van der Waals surface area contributed by atoms with Crippen molar-refractivity contribution >= 4 is 22.5 Å². The second kappa shape index (κ2) is 10.3. The van der Waals surface area contributed by atoms with E-state index in [0.29, 0.717) is 17.9 Å². The molecule has 2 aromatic heterocycles. The largest absolute Gasteiger partial charge is 0.416 e. The van der Waals surface area contributed by atoms with Crippen molar-refractivity contribution in [2.45, 2.75) is 45.2 Å². The molecule has 0 aliphatic rings. The fraction of sp³-hybridized carbons (Fsp3) is 0.310. The van der Waals surface area contributed by atoms with Gasteiger partial charge in [-0.25, -0.2) is 4.98 Å². The molecule has 1 atom stereocenters. The van der Waals surface area contributed by atoms with E-state index in [9.17, 15) is 13.2 Å². The Labute approximate surface area is 225 Å².